The van der Waals surface area contributed by atoms with Crippen molar-refractivity contribution in [2.45, 2.75) is 13.3 Å². The van der Waals surface area contributed by atoms with Crippen molar-refractivity contribution in [2.75, 3.05) is 0 Å². The van der Waals surface area contributed by atoms with Gasteiger partial charge in [0.2, 0.25) is 0 Å². The van der Waals surface area contributed by atoms with Gasteiger partial charge in [-0.05, 0) is 24.6 Å². The van der Waals surface area contributed by atoms with Crippen LogP contribution in [-0.2, 0) is 0 Å². The van der Waals surface area contributed by atoms with Crippen LogP contribution in [0.4, 0.5) is 5.69 Å². The molecule has 0 saturated carbocycles. The summed E-state index contributed by atoms with van der Waals surface area (Å²) in [5.74, 6) is 0. The lowest BCUT2D eigenvalue weighted by molar-refractivity contribution is 1.38. The lowest BCUT2D eigenvalue weighted by Gasteiger charge is -2.06. The van der Waals surface area contributed by atoms with Gasteiger partial charge >= 0.3 is 0 Å². The molecule has 1 aromatic rings. The maximum atomic E-state index is 4.66. The Morgan fingerprint density at radius 2 is 2.06 bits per heavy atom. The Labute approximate surface area is 96.5 Å². The maximum absolute atomic E-state index is 4.66. The van der Waals surface area contributed by atoms with Crippen LogP contribution in [-0.4, -0.2) is 5.71 Å². The minimum atomic E-state index is 0.904. The van der Waals surface area contributed by atoms with Crippen molar-refractivity contribution in [1.82, 2.24) is 0 Å². The summed E-state index contributed by atoms with van der Waals surface area (Å²) in [6.07, 6.45) is 9.13. The Kier molecular flexibility index (Phi) is 3.16. The minimum Gasteiger partial charge on any atom is -0.253 e. The van der Waals surface area contributed by atoms with Crippen molar-refractivity contribution in [3.63, 3.8) is 0 Å². The van der Waals surface area contributed by atoms with Gasteiger partial charge in [-0.25, -0.2) is 0 Å². The van der Waals surface area contributed by atoms with Crippen LogP contribution in [0, 0.1) is 0 Å². The summed E-state index contributed by atoms with van der Waals surface area (Å²) in [6, 6.07) is 8.12. The third-order valence-electron chi connectivity index (χ3n) is 2.49. The van der Waals surface area contributed by atoms with Crippen LogP contribution in [0.2, 0.25) is 0 Å². The van der Waals surface area contributed by atoms with Gasteiger partial charge in [-0.15, -0.1) is 0 Å². The van der Waals surface area contributed by atoms with Crippen LogP contribution in [0.25, 0.3) is 5.57 Å². The van der Waals surface area contributed by atoms with E-state index in [4.69, 9.17) is 0 Å². The molecule has 2 rings (SSSR count). The normalized spacial score (nSPS) is 16.7. The number of rotatable bonds is 2. The first-order chi connectivity index (χ1) is 7.77. The smallest absolute Gasteiger partial charge is 0.0707 e. The summed E-state index contributed by atoms with van der Waals surface area (Å²) in [4.78, 5) is 4.66. The Balaban J connectivity index is 2.37. The summed E-state index contributed by atoms with van der Waals surface area (Å²) in [5.41, 5.74) is 4.27. The van der Waals surface area contributed by atoms with Gasteiger partial charge in [0.15, 0.2) is 0 Å². The average Bonchev–Trinajstić information content (AvgIpc) is 2.31. The van der Waals surface area contributed by atoms with Crippen LogP contribution in [0.15, 0.2) is 60.1 Å². The molecular weight excluding hydrogens is 194 g/mol. The molecule has 0 heterocycles. The maximum Gasteiger partial charge on any atom is 0.0707 e. The van der Waals surface area contributed by atoms with Gasteiger partial charge in [0, 0.05) is 17.7 Å². The molecule has 0 saturated heterocycles. The zero-order chi connectivity index (χ0) is 11.4. The quantitative estimate of drug-likeness (QED) is 0.688. The number of hydrogen-bond acceptors (Lipinski definition) is 1. The highest BCUT2D eigenvalue weighted by molar-refractivity contribution is 5.99. The highest BCUT2D eigenvalue weighted by Gasteiger charge is 2.02. The first-order valence-electron chi connectivity index (χ1n) is 5.43. The van der Waals surface area contributed by atoms with Gasteiger partial charge in [0.05, 0.1) is 5.69 Å². The second-order valence-electron chi connectivity index (χ2n) is 3.89. The molecule has 1 aliphatic carbocycles. The molecule has 0 spiro atoms. The van der Waals surface area contributed by atoms with E-state index < -0.39 is 0 Å². The largest absolute Gasteiger partial charge is 0.253 e. The number of nitrogens with zero attached hydrogens (tertiary/aromatic N) is 1. The molecule has 1 aliphatic rings. The Hall–Kier alpha value is -1.89. The SMILES string of the molecule is C=C(C)c1ccccc1N=C1C=CC=CC1. The topological polar surface area (TPSA) is 12.4 Å². The second kappa shape index (κ2) is 4.75. The van der Waals surface area contributed by atoms with Crippen molar-refractivity contribution < 1.29 is 0 Å². The summed E-state index contributed by atoms with van der Waals surface area (Å²) >= 11 is 0. The molecule has 0 amide bonds. The van der Waals surface area contributed by atoms with Crippen LogP contribution < -0.4 is 0 Å². The van der Waals surface area contributed by atoms with E-state index in [1.54, 1.807) is 0 Å². The van der Waals surface area contributed by atoms with Crippen molar-refractivity contribution in [1.29, 1.82) is 0 Å². The van der Waals surface area contributed by atoms with Crippen molar-refractivity contribution >= 4 is 17.0 Å². The molecule has 0 aliphatic heterocycles. The summed E-state index contributed by atoms with van der Waals surface area (Å²) in [7, 11) is 0. The first kappa shape index (κ1) is 10.6. The molecule has 0 aromatic heterocycles. The monoisotopic (exact) mass is 209 g/mol. The molecule has 0 N–H and O–H groups in total. The fourth-order valence-electron chi connectivity index (χ4n) is 1.67. The molecule has 0 fully saturated rings. The Bertz CT molecular complexity index is 490. The van der Waals surface area contributed by atoms with E-state index in [1.165, 1.54) is 0 Å². The predicted molar refractivity (Wildman–Crippen MR) is 71.1 cm³/mol. The second-order valence-corrected chi connectivity index (χ2v) is 3.89. The molecule has 0 atom stereocenters. The minimum absolute atomic E-state index is 0.904. The van der Waals surface area contributed by atoms with Crippen LogP contribution in [0.3, 0.4) is 0 Å². The fourth-order valence-corrected chi connectivity index (χ4v) is 1.67. The Morgan fingerprint density at radius 1 is 1.25 bits per heavy atom. The number of allylic oxidation sites excluding steroid dienone is 5. The third kappa shape index (κ3) is 2.37. The molecular formula is C15H15N. The molecule has 0 unspecified atom stereocenters. The zero-order valence-corrected chi connectivity index (χ0v) is 9.48. The molecule has 1 aromatic carbocycles. The molecule has 0 bridgehead atoms. The van der Waals surface area contributed by atoms with E-state index in [1.807, 2.05) is 37.3 Å². The summed E-state index contributed by atoms with van der Waals surface area (Å²) < 4.78 is 0. The standard InChI is InChI=1S/C15H15N/c1-12(2)14-10-6-7-11-15(14)16-13-8-4-3-5-9-13/h3-8,10-11H,1,9H2,2H3. The average molecular weight is 209 g/mol. The van der Waals surface area contributed by atoms with E-state index in [0.29, 0.717) is 0 Å². The Morgan fingerprint density at radius 3 is 2.75 bits per heavy atom. The number of para-hydroxylation sites is 1. The van der Waals surface area contributed by atoms with Gasteiger partial charge in [-0.1, -0.05) is 43.0 Å². The highest BCUT2D eigenvalue weighted by atomic mass is 14.7. The molecule has 1 heteroatoms. The van der Waals surface area contributed by atoms with Gasteiger partial charge in [-0.3, -0.25) is 4.99 Å². The summed E-state index contributed by atoms with van der Waals surface area (Å²) in [5, 5.41) is 0. The van der Waals surface area contributed by atoms with E-state index in [0.717, 1.165) is 29.0 Å². The number of aliphatic imine (C=N–C) groups is 1. The fraction of sp³-hybridized carbons (Fsp3) is 0.133. The van der Waals surface area contributed by atoms with Gasteiger partial charge < -0.3 is 0 Å². The van der Waals surface area contributed by atoms with E-state index >= 15 is 0 Å². The molecule has 0 radical (unpaired) electrons. The van der Waals surface area contributed by atoms with Gasteiger partial charge in [-0.2, -0.15) is 0 Å². The van der Waals surface area contributed by atoms with Crippen molar-refractivity contribution in [3.05, 3.63) is 60.7 Å². The molecule has 1 nitrogen and oxygen atoms in total. The molecule has 80 valence electrons. The third-order valence-corrected chi connectivity index (χ3v) is 2.49. The van der Waals surface area contributed by atoms with Gasteiger partial charge in [0.25, 0.3) is 0 Å². The number of hydrogen-bond donors (Lipinski definition) is 0. The zero-order valence-electron chi connectivity index (χ0n) is 9.48. The molecule has 16 heavy (non-hydrogen) atoms. The predicted octanol–water partition coefficient (Wildman–Crippen LogP) is 4.31. The van der Waals surface area contributed by atoms with Crippen molar-refractivity contribution in [2.24, 2.45) is 4.99 Å². The highest BCUT2D eigenvalue weighted by Crippen LogP contribution is 2.25. The first-order valence-corrected chi connectivity index (χ1v) is 5.43. The lowest BCUT2D eigenvalue weighted by atomic mass is 10.1. The number of benzene rings is 1. The lowest BCUT2D eigenvalue weighted by Crippen LogP contribution is -1.94. The summed E-state index contributed by atoms with van der Waals surface area (Å²) in [6.45, 7) is 5.99. The van der Waals surface area contributed by atoms with E-state index in [9.17, 15) is 0 Å². The van der Waals surface area contributed by atoms with Crippen LogP contribution in [0.5, 0.6) is 0 Å². The van der Waals surface area contributed by atoms with E-state index in [-0.39, 0.29) is 0 Å². The van der Waals surface area contributed by atoms with E-state index in [2.05, 4.69) is 29.8 Å². The van der Waals surface area contributed by atoms with Gasteiger partial charge in [0.1, 0.15) is 0 Å². The van der Waals surface area contributed by atoms with Crippen LogP contribution in [0.1, 0.15) is 18.9 Å². The van der Waals surface area contributed by atoms with Crippen molar-refractivity contribution in [3.8, 4) is 0 Å². The van der Waals surface area contributed by atoms with Crippen LogP contribution >= 0.6 is 0 Å².